The molecule has 1 saturated heterocycles. The first kappa shape index (κ1) is 15.4. The molecule has 0 unspecified atom stereocenters. The number of piperazine rings is 1. The lowest BCUT2D eigenvalue weighted by Crippen LogP contribution is -2.52. The van der Waals surface area contributed by atoms with Gasteiger partial charge in [-0.1, -0.05) is 6.07 Å². The SMILES string of the molecule is CSCCCNC(=S)N1CCN(c2ccccn2)CC1. The van der Waals surface area contributed by atoms with Crippen molar-refractivity contribution in [2.75, 3.05) is 49.6 Å². The van der Waals surface area contributed by atoms with Crippen molar-refractivity contribution in [3.63, 3.8) is 0 Å². The van der Waals surface area contributed by atoms with Gasteiger partial charge in [-0.2, -0.15) is 11.8 Å². The van der Waals surface area contributed by atoms with Crippen molar-refractivity contribution >= 4 is 34.9 Å². The lowest BCUT2D eigenvalue weighted by molar-refractivity contribution is 0.379. The fourth-order valence-corrected chi connectivity index (χ4v) is 2.92. The number of anilines is 1. The molecule has 1 fully saturated rings. The standard InChI is InChI=1S/C14H22N4S2/c1-20-12-4-7-16-14(19)18-10-8-17(9-11-18)13-5-2-3-6-15-13/h2-3,5-6H,4,7-12H2,1H3,(H,16,19). The van der Waals surface area contributed by atoms with Gasteiger partial charge in [-0.15, -0.1) is 0 Å². The van der Waals surface area contributed by atoms with Crippen molar-refractivity contribution in [1.29, 1.82) is 0 Å². The molecule has 0 atom stereocenters. The topological polar surface area (TPSA) is 31.4 Å². The molecule has 0 radical (unpaired) electrons. The predicted molar refractivity (Wildman–Crippen MR) is 91.6 cm³/mol. The van der Waals surface area contributed by atoms with Gasteiger partial charge in [-0.25, -0.2) is 4.98 Å². The molecule has 2 heterocycles. The Bertz CT molecular complexity index is 405. The molecular weight excluding hydrogens is 288 g/mol. The number of hydrogen-bond donors (Lipinski definition) is 1. The summed E-state index contributed by atoms with van der Waals surface area (Å²) >= 11 is 7.33. The van der Waals surface area contributed by atoms with Crippen LogP contribution in [0.5, 0.6) is 0 Å². The maximum atomic E-state index is 5.45. The molecule has 0 saturated carbocycles. The molecule has 0 spiro atoms. The molecule has 4 nitrogen and oxygen atoms in total. The monoisotopic (exact) mass is 310 g/mol. The maximum absolute atomic E-state index is 5.45. The Morgan fingerprint density at radius 1 is 1.35 bits per heavy atom. The van der Waals surface area contributed by atoms with Crippen LogP contribution in [0.1, 0.15) is 6.42 Å². The van der Waals surface area contributed by atoms with E-state index in [1.54, 1.807) is 0 Å². The predicted octanol–water partition coefficient (Wildman–Crippen LogP) is 1.83. The number of hydrogen-bond acceptors (Lipinski definition) is 4. The number of thiocarbonyl (C=S) groups is 1. The Morgan fingerprint density at radius 2 is 2.15 bits per heavy atom. The van der Waals surface area contributed by atoms with Gasteiger partial charge < -0.3 is 15.1 Å². The summed E-state index contributed by atoms with van der Waals surface area (Å²) in [5, 5.41) is 4.25. The Labute approximate surface area is 130 Å². The first-order valence-electron chi connectivity index (χ1n) is 6.99. The van der Waals surface area contributed by atoms with Gasteiger partial charge in [0.05, 0.1) is 0 Å². The Balaban J connectivity index is 1.72. The van der Waals surface area contributed by atoms with Crippen LogP contribution in [0.4, 0.5) is 5.82 Å². The average molecular weight is 310 g/mol. The first-order chi connectivity index (χ1) is 9.81. The third kappa shape index (κ3) is 4.52. The number of aromatic nitrogens is 1. The highest BCUT2D eigenvalue weighted by Crippen LogP contribution is 2.12. The number of pyridine rings is 1. The second-order valence-electron chi connectivity index (χ2n) is 4.74. The number of thioether (sulfide) groups is 1. The summed E-state index contributed by atoms with van der Waals surface area (Å²) in [4.78, 5) is 8.97. The van der Waals surface area contributed by atoms with Gasteiger partial charge in [0, 0.05) is 38.9 Å². The van der Waals surface area contributed by atoms with E-state index < -0.39 is 0 Å². The lowest BCUT2D eigenvalue weighted by Gasteiger charge is -2.36. The molecule has 20 heavy (non-hydrogen) atoms. The normalized spacial score (nSPS) is 15.2. The summed E-state index contributed by atoms with van der Waals surface area (Å²) in [6.45, 7) is 4.85. The molecule has 1 aromatic rings. The highest BCUT2D eigenvalue weighted by molar-refractivity contribution is 7.98. The zero-order chi connectivity index (χ0) is 14.2. The molecule has 0 aliphatic carbocycles. The zero-order valence-corrected chi connectivity index (χ0v) is 13.6. The molecule has 2 rings (SSSR count). The summed E-state index contributed by atoms with van der Waals surface area (Å²) < 4.78 is 0. The molecule has 6 heteroatoms. The van der Waals surface area contributed by atoms with Gasteiger partial charge in [0.2, 0.25) is 0 Å². The van der Waals surface area contributed by atoms with Gasteiger partial charge in [0.15, 0.2) is 5.11 Å². The van der Waals surface area contributed by atoms with E-state index in [0.717, 1.165) is 50.1 Å². The van der Waals surface area contributed by atoms with Crippen LogP contribution in [0.3, 0.4) is 0 Å². The molecule has 1 aliphatic rings. The highest BCUT2D eigenvalue weighted by Gasteiger charge is 2.19. The van der Waals surface area contributed by atoms with Crippen LogP contribution in [0.2, 0.25) is 0 Å². The highest BCUT2D eigenvalue weighted by atomic mass is 32.2. The smallest absolute Gasteiger partial charge is 0.169 e. The summed E-state index contributed by atoms with van der Waals surface area (Å²) in [6, 6.07) is 6.05. The summed E-state index contributed by atoms with van der Waals surface area (Å²) in [5.74, 6) is 2.24. The van der Waals surface area contributed by atoms with Crippen LogP contribution >= 0.6 is 24.0 Å². The summed E-state index contributed by atoms with van der Waals surface area (Å²) in [7, 11) is 0. The minimum atomic E-state index is 0.895. The van der Waals surface area contributed by atoms with Crippen molar-refractivity contribution in [3.05, 3.63) is 24.4 Å². The third-order valence-electron chi connectivity index (χ3n) is 3.34. The van der Waals surface area contributed by atoms with Gasteiger partial charge in [-0.3, -0.25) is 0 Å². The molecule has 1 aromatic heterocycles. The molecule has 0 bridgehead atoms. The van der Waals surface area contributed by atoms with E-state index in [4.69, 9.17) is 12.2 Å². The summed E-state index contributed by atoms with van der Waals surface area (Å²) in [6.07, 6.45) is 5.14. The molecule has 0 aromatic carbocycles. The van der Waals surface area contributed by atoms with E-state index in [0.29, 0.717) is 0 Å². The largest absolute Gasteiger partial charge is 0.363 e. The van der Waals surface area contributed by atoms with Gasteiger partial charge in [-0.05, 0) is 42.8 Å². The molecule has 0 amide bonds. The van der Waals surface area contributed by atoms with Gasteiger partial charge >= 0.3 is 0 Å². The van der Waals surface area contributed by atoms with Crippen LogP contribution < -0.4 is 10.2 Å². The van der Waals surface area contributed by atoms with Crippen molar-refractivity contribution in [1.82, 2.24) is 15.2 Å². The molecule has 110 valence electrons. The Kier molecular flexibility index (Phi) is 6.39. The maximum Gasteiger partial charge on any atom is 0.169 e. The molecular formula is C14H22N4S2. The number of nitrogens with zero attached hydrogens (tertiary/aromatic N) is 3. The zero-order valence-electron chi connectivity index (χ0n) is 11.9. The van der Waals surface area contributed by atoms with Crippen molar-refractivity contribution in [3.8, 4) is 0 Å². The minimum absolute atomic E-state index is 0.895. The van der Waals surface area contributed by atoms with Crippen molar-refractivity contribution in [2.24, 2.45) is 0 Å². The van der Waals surface area contributed by atoms with E-state index in [1.165, 1.54) is 5.75 Å². The van der Waals surface area contributed by atoms with Crippen molar-refractivity contribution < 1.29 is 0 Å². The molecule has 1 aliphatic heterocycles. The Morgan fingerprint density at radius 3 is 2.80 bits per heavy atom. The Hall–Kier alpha value is -1.01. The fraction of sp³-hybridized carbons (Fsp3) is 0.571. The second kappa shape index (κ2) is 8.32. The van der Waals surface area contributed by atoms with Crippen molar-refractivity contribution in [2.45, 2.75) is 6.42 Å². The quantitative estimate of drug-likeness (QED) is 0.660. The summed E-state index contributed by atoms with van der Waals surface area (Å²) in [5.41, 5.74) is 0. The lowest BCUT2D eigenvalue weighted by atomic mass is 10.3. The van der Waals surface area contributed by atoms with E-state index in [-0.39, 0.29) is 0 Å². The third-order valence-corrected chi connectivity index (χ3v) is 4.44. The van der Waals surface area contributed by atoms with E-state index in [9.17, 15) is 0 Å². The second-order valence-corrected chi connectivity index (χ2v) is 6.11. The van der Waals surface area contributed by atoms with Gasteiger partial charge in [0.1, 0.15) is 5.82 Å². The number of nitrogens with one attached hydrogen (secondary N) is 1. The number of rotatable bonds is 5. The average Bonchev–Trinajstić information content (AvgIpc) is 2.52. The van der Waals surface area contributed by atoms with E-state index >= 15 is 0 Å². The van der Waals surface area contributed by atoms with Crippen LogP contribution in [-0.4, -0.2) is 59.7 Å². The van der Waals surface area contributed by atoms with Crippen LogP contribution in [0.25, 0.3) is 0 Å². The minimum Gasteiger partial charge on any atom is -0.363 e. The van der Waals surface area contributed by atoms with Crippen LogP contribution in [0.15, 0.2) is 24.4 Å². The first-order valence-corrected chi connectivity index (χ1v) is 8.79. The van der Waals surface area contributed by atoms with Gasteiger partial charge in [0.25, 0.3) is 0 Å². The van der Waals surface area contributed by atoms with E-state index in [1.807, 2.05) is 30.1 Å². The van der Waals surface area contributed by atoms with Crippen LogP contribution in [-0.2, 0) is 0 Å². The van der Waals surface area contributed by atoms with Crippen LogP contribution in [0, 0.1) is 0 Å². The molecule has 1 N–H and O–H groups in total. The van der Waals surface area contributed by atoms with E-state index in [2.05, 4.69) is 32.4 Å². The fourth-order valence-electron chi connectivity index (χ4n) is 2.20.